The average molecular weight is 329 g/mol. The Morgan fingerprint density at radius 2 is 1.75 bits per heavy atom. The van der Waals surface area contributed by atoms with Crippen LogP contribution in [0.25, 0.3) is 0 Å². The second kappa shape index (κ2) is 6.89. The van der Waals surface area contributed by atoms with Crippen LogP contribution in [0.4, 0.5) is 5.95 Å². The van der Waals surface area contributed by atoms with Crippen molar-refractivity contribution in [3.05, 3.63) is 34.8 Å². The molecule has 1 fully saturated rings. The van der Waals surface area contributed by atoms with Crippen molar-refractivity contribution in [3.63, 3.8) is 0 Å². The van der Waals surface area contributed by atoms with Crippen molar-refractivity contribution in [2.45, 2.75) is 47.1 Å². The lowest BCUT2D eigenvalue weighted by Crippen LogP contribution is -2.46. The van der Waals surface area contributed by atoms with E-state index >= 15 is 0 Å². The van der Waals surface area contributed by atoms with Gasteiger partial charge >= 0.3 is 0 Å². The van der Waals surface area contributed by atoms with Crippen LogP contribution in [0.3, 0.4) is 0 Å². The Labute approximate surface area is 143 Å². The van der Waals surface area contributed by atoms with Gasteiger partial charge in [-0.15, -0.1) is 0 Å². The Hall–Kier alpha value is -1.95. The SMILES string of the molecule is Cc1cc(C(C)C)nc(N2CCN(Cc3nc(C)c(C)o3)CC2)n1. The first-order valence-electron chi connectivity index (χ1n) is 8.68. The number of nitrogens with zero attached hydrogens (tertiary/aromatic N) is 5. The molecule has 1 aliphatic rings. The smallest absolute Gasteiger partial charge is 0.225 e. The fraction of sp³-hybridized carbons (Fsp3) is 0.611. The Kier molecular flexibility index (Phi) is 4.85. The largest absolute Gasteiger partial charge is 0.444 e. The fourth-order valence-electron chi connectivity index (χ4n) is 2.92. The number of rotatable bonds is 4. The van der Waals surface area contributed by atoms with Gasteiger partial charge in [0.2, 0.25) is 11.8 Å². The van der Waals surface area contributed by atoms with Gasteiger partial charge in [-0.3, -0.25) is 4.90 Å². The van der Waals surface area contributed by atoms with Crippen molar-refractivity contribution >= 4 is 5.95 Å². The molecule has 24 heavy (non-hydrogen) atoms. The Balaban J connectivity index is 1.62. The normalized spacial score (nSPS) is 16.2. The van der Waals surface area contributed by atoms with Crippen LogP contribution < -0.4 is 4.90 Å². The molecule has 2 aromatic rings. The molecule has 0 radical (unpaired) electrons. The van der Waals surface area contributed by atoms with Crippen LogP contribution in [0.1, 0.15) is 48.5 Å². The molecule has 130 valence electrons. The minimum Gasteiger partial charge on any atom is -0.444 e. The maximum atomic E-state index is 5.70. The van der Waals surface area contributed by atoms with E-state index in [1.165, 1.54) is 0 Å². The molecule has 3 heterocycles. The van der Waals surface area contributed by atoms with Gasteiger partial charge in [-0.1, -0.05) is 13.8 Å². The van der Waals surface area contributed by atoms with Crippen LogP contribution >= 0.6 is 0 Å². The van der Waals surface area contributed by atoms with E-state index in [2.05, 4.69) is 39.7 Å². The number of aryl methyl sites for hydroxylation is 3. The second-order valence-electron chi connectivity index (χ2n) is 6.90. The summed E-state index contributed by atoms with van der Waals surface area (Å²) in [6.07, 6.45) is 0. The average Bonchev–Trinajstić information content (AvgIpc) is 2.85. The number of oxazole rings is 1. The lowest BCUT2D eigenvalue weighted by molar-refractivity contribution is 0.224. The Morgan fingerprint density at radius 3 is 2.33 bits per heavy atom. The zero-order chi connectivity index (χ0) is 17.3. The highest BCUT2D eigenvalue weighted by atomic mass is 16.4. The van der Waals surface area contributed by atoms with Crippen molar-refractivity contribution in [2.24, 2.45) is 0 Å². The van der Waals surface area contributed by atoms with Gasteiger partial charge in [0.1, 0.15) is 5.76 Å². The third-order valence-corrected chi connectivity index (χ3v) is 4.54. The van der Waals surface area contributed by atoms with Gasteiger partial charge in [0.15, 0.2) is 0 Å². The highest BCUT2D eigenvalue weighted by Crippen LogP contribution is 2.19. The number of hydrogen-bond donors (Lipinski definition) is 0. The van der Waals surface area contributed by atoms with Crippen molar-refractivity contribution in [3.8, 4) is 0 Å². The van der Waals surface area contributed by atoms with Crippen molar-refractivity contribution in [1.82, 2.24) is 19.9 Å². The van der Waals surface area contributed by atoms with Gasteiger partial charge in [-0.2, -0.15) is 0 Å². The highest BCUT2D eigenvalue weighted by molar-refractivity contribution is 5.34. The Morgan fingerprint density at radius 1 is 1.04 bits per heavy atom. The van der Waals surface area contributed by atoms with E-state index in [1.54, 1.807) is 0 Å². The van der Waals surface area contributed by atoms with Crippen LogP contribution in [0.2, 0.25) is 0 Å². The van der Waals surface area contributed by atoms with Gasteiger partial charge in [-0.25, -0.2) is 15.0 Å². The van der Waals surface area contributed by atoms with Crippen LogP contribution in [-0.4, -0.2) is 46.0 Å². The van der Waals surface area contributed by atoms with E-state index in [0.29, 0.717) is 5.92 Å². The molecule has 0 amide bonds. The van der Waals surface area contributed by atoms with Crippen LogP contribution in [0, 0.1) is 20.8 Å². The maximum absolute atomic E-state index is 5.70. The van der Waals surface area contributed by atoms with Crippen molar-refractivity contribution in [1.29, 1.82) is 0 Å². The molecule has 6 heteroatoms. The van der Waals surface area contributed by atoms with Crippen LogP contribution in [0.15, 0.2) is 10.5 Å². The topological polar surface area (TPSA) is 58.3 Å². The number of hydrogen-bond acceptors (Lipinski definition) is 6. The van der Waals surface area contributed by atoms with Gasteiger partial charge in [0.25, 0.3) is 0 Å². The molecule has 0 unspecified atom stereocenters. The first kappa shape index (κ1) is 16.9. The minimum absolute atomic E-state index is 0.420. The predicted octanol–water partition coefficient (Wildman–Crippen LogP) is 2.84. The summed E-state index contributed by atoms with van der Waals surface area (Å²) in [4.78, 5) is 18.5. The van der Waals surface area contributed by atoms with E-state index in [-0.39, 0.29) is 0 Å². The zero-order valence-corrected chi connectivity index (χ0v) is 15.3. The molecule has 0 saturated carbocycles. The van der Waals surface area contributed by atoms with Gasteiger partial charge in [-0.05, 0) is 32.8 Å². The molecule has 1 saturated heterocycles. The zero-order valence-electron chi connectivity index (χ0n) is 15.3. The molecule has 1 aliphatic heterocycles. The molecular formula is C18H27N5O. The third kappa shape index (κ3) is 3.75. The number of aromatic nitrogens is 3. The molecule has 0 atom stereocenters. The molecule has 2 aromatic heterocycles. The standard InChI is InChI=1S/C18H27N5O/c1-12(2)16-10-13(3)19-18(21-16)23-8-6-22(7-9-23)11-17-20-14(4)15(5)24-17/h10,12H,6-9,11H2,1-5H3. The van der Waals surface area contributed by atoms with Gasteiger partial charge in [0, 0.05) is 37.6 Å². The molecule has 0 N–H and O–H groups in total. The highest BCUT2D eigenvalue weighted by Gasteiger charge is 2.21. The summed E-state index contributed by atoms with van der Waals surface area (Å²) in [5, 5.41) is 0. The van der Waals surface area contributed by atoms with E-state index in [9.17, 15) is 0 Å². The number of piperazine rings is 1. The summed E-state index contributed by atoms with van der Waals surface area (Å²) >= 11 is 0. The molecule has 0 aliphatic carbocycles. The predicted molar refractivity (Wildman–Crippen MR) is 94.3 cm³/mol. The summed E-state index contributed by atoms with van der Waals surface area (Å²) in [5.74, 6) is 3.01. The van der Waals surface area contributed by atoms with Gasteiger partial charge in [0.05, 0.1) is 12.2 Å². The minimum atomic E-state index is 0.420. The maximum Gasteiger partial charge on any atom is 0.225 e. The monoisotopic (exact) mass is 329 g/mol. The summed E-state index contributed by atoms with van der Waals surface area (Å²) in [5.41, 5.74) is 3.14. The Bertz CT molecular complexity index is 682. The van der Waals surface area contributed by atoms with E-state index in [1.807, 2.05) is 20.8 Å². The molecule has 0 aromatic carbocycles. The second-order valence-corrected chi connectivity index (χ2v) is 6.90. The summed E-state index contributed by atoms with van der Waals surface area (Å²) in [7, 11) is 0. The summed E-state index contributed by atoms with van der Waals surface area (Å²) in [6, 6.07) is 2.08. The number of anilines is 1. The summed E-state index contributed by atoms with van der Waals surface area (Å²) < 4.78 is 5.70. The molecule has 6 nitrogen and oxygen atoms in total. The van der Waals surface area contributed by atoms with E-state index in [4.69, 9.17) is 9.40 Å². The quantitative estimate of drug-likeness (QED) is 0.860. The molecule has 0 spiro atoms. The molecular weight excluding hydrogens is 302 g/mol. The molecule has 0 bridgehead atoms. The molecule has 3 rings (SSSR count). The lowest BCUT2D eigenvalue weighted by atomic mass is 10.1. The van der Waals surface area contributed by atoms with Gasteiger partial charge < -0.3 is 9.32 Å². The van der Waals surface area contributed by atoms with Crippen LogP contribution in [-0.2, 0) is 6.54 Å². The first-order valence-corrected chi connectivity index (χ1v) is 8.68. The van der Waals surface area contributed by atoms with Crippen molar-refractivity contribution < 1.29 is 4.42 Å². The lowest BCUT2D eigenvalue weighted by Gasteiger charge is -2.34. The van der Waals surface area contributed by atoms with E-state index < -0.39 is 0 Å². The third-order valence-electron chi connectivity index (χ3n) is 4.54. The fourth-order valence-corrected chi connectivity index (χ4v) is 2.92. The van der Waals surface area contributed by atoms with Crippen LogP contribution in [0.5, 0.6) is 0 Å². The van der Waals surface area contributed by atoms with E-state index in [0.717, 1.165) is 67.4 Å². The van der Waals surface area contributed by atoms with Crippen molar-refractivity contribution in [2.75, 3.05) is 31.1 Å². The summed E-state index contributed by atoms with van der Waals surface area (Å²) in [6.45, 7) is 14.9. The first-order chi connectivity index (χ1) is 11.4.